The van der Waals surface area contributed by atoms with Crippen LogP contribution in [0.3, 0.4) is 0 Å². The first kappa shape index (κ1) is 24.5. The number of amides is 1. The Hall–Kier alpha value is -0.770. The van der Waals surface area contributed by atoms with Gasteiger partial charge in [-0.25, -0.2) is 4.79 Å². The first-order chi connectivity index (χ1) is 9.94. The summed E-state index contributed by atoms with van der Waals surface area (Å²) in [5.74, 6) is 0.364. The molecule has 8 heteroatoms. The molecule has 0 rings (SSSR count). The van der Waals surface area contributed by atoms with E-state index in [1.54, 1.807) is 12.0 Å². The van der Waals surface area contributed by atoms with Gasteiger partial charge in [0.15, 0.2) is 5.96 Å². The van der Waals surface area contributed by atoms with Gasteiger partial charge in [0.2, 0.25) is 0 Å². The third-order valence-electron chi connectivity index (χ3n) is 2.37. The van der Waals surface area contributed by atoms with Crippen LogP contribution in [0, 0.1) is 0 Å². The molecule has 0 saturated heterocycles. The smallest absolute Gasteiger partial charge is 0.410 e. The summed E-state index contributed by atoms with van der Waals surface area (Å²) in [7, 11) is 1.59. The minimum absolute atomic E-state index is 0. The van der Waals surface area contributed by atoms with Crippen molar-refractivity contribution in [3.63, 3.8) is 0 Å². The fraction of sp³-hybridized carbons (Fsp3) is 0.867. The van der Waals surface area contributed by atoms with Gasteiger partial charge >= 0.3 is 6.09 Å². The van der Waals surface area contributed by atoms with E-state index in [1.165, 1.54) is 0 Å². The number of methoxy groups -OCH3 is 1. The Kier molecular flexibility index (Phi) is 11.6. The van der Waals surface area contributed by atoms with Gasteiger partial charge in [-0.2, -0.15) is 0 Å². The SMILES string of the molecule is COCCN(CCN=C(N)NC(C)(C)C)C(=O)OC(C)(C)C.I. The second-order valence-electron chi connectivity index (χ2n) is 7.10. The maximum atomic E-state index is 12.1. The van der Waals surface area contributed by atoms with E-state index in [9.17, 15) is 4.79 Å². The van der Waals surface area contributed by atoms with Gasteiger partial charge in [-0.15, -0.1) is 24.0 Å². The molecule has 3 N–H and O–H groups in total. The van der Waals surface area contributed by atoms with E-state index in [1.807, 2.05) is 41.5 Å². The molecule has 0 heterocycles. The number of nitrogens with two attached hydrogens (primary N) is 1. The summed E-state index contributed by atoms with van der Waals surface area (Å²) in [4.78, 5) is 17.9. The molecule has 0 unspecified atom stereocenters. The molecule has 0 radical (unpaired) electrons. The van der Waals surface area contributed by atoms with Crippen LogP contribution in [0.5, 0.6) is 0 Å². The number of hydrogen-bond acceptors (Lipinski definition) is 4. The largest absolute Gasteiger partial charge is 0.444 e. The number of rotatable bonds is 6. The van der Waals surface area contributed by atoms with Gasteiger partial charge in [0.25, 0.3) is 0 Å². The summed E-state index contributed by atoms with van der Waals surface area (Å²) < 4.78 is 10.4. The Morgan fingerprint density at radius 2 is 1.74 bits per heavy atom. The third kappa shape index (κ3) is 14.5. The van der Waals surface area contributed by atoms with Gasteiger partial charge in [-0.05, 0) is 41.5 Å². The summed E-state index contributed by atoms with van der Waals surface area (Å²) in [6.07, 6.45) is -0.373. The molecule has 7 nitrogen and oxygen atoms in total. The van der Waals surface area contributed by atoms with Crippen molar-refractivity contribution < 1.29 is 14.3 Å². The highest BCUT2D eigenvalue weighted by molar-refractivity contribution is 14.0. The maximum Gasteiger partial charge on any atom is 0.410 e. The zero-order valence-electron chi connectivity index (χ0n) is 15.4. The van der Waals surface area contributed by atoms with E-state index in [0.29, 0.717) is 32.2 Å². The van der Waals surface area contributed by atoms with Gasteiger partial charge in [0.1, 0.15) is 5.60 Å². The molecule has 0 fully saturated rings. The van der Waals surface area contributed by atoms with Crippen molar-refractivity contribution in [2.45, 2.75) is 52.7 Å². The number of carbonyl (C=O) groups excluding carboxylic acids is 1. The lowest BCUT2D eigenvalue weighted by Gasteiger charge is -2.27. The maximum absolute atomic E-state index is 12.1. The fourth-order valence-corrected chi connectivity index (χ4v) is 1.54. The first-order valence-corrected chi connectivity index (χ1v) is 7.49. The molecule has 1 amide bonds. The van der Waals surface area contributed by atoms with Crippen LogP contribution in [0.1, 0.15) is 41.5 Å². The number of carbonyl (C=O) groups is 1. The van der Waals surface area contributed by atoms with Crippen LogP contribution in [-0.4, -0.2) is 61.4 Å². The van der Waals surface area contributed by atoms with E-state index in [0.717, 1.165) is 0 Å². The monoisotopic (exact) mass is 444 g/mol. The standard InChI is InChI=1S/C15H32N4O3.HI/c1-14(2,3)18-12(16)17-8-9-19(10-11-21-7)13(20)22-15(4,5)6;/h8-11H2,1-7H3,(H3,16,17,18);1H. The average Bonchev–Trinajstić information content (AvgIpc) is 2.28. The number of hydrogen-bond donors (Lipinski definition) is 2. The number of ether oxygens (including phenoxy) is 2. The van der Waals surface area contributed by atoms with Crippen LogP contribution in [-0.2, 0) is 9.47 Å². The highest BCUT2D eigenvalue weighted by Crippen LogP contribution is 2.09. The molecule has 23 heavy (non-hydrogen) atoms. The van der Waals surface area contributed by atoms with Crippen molar-refractivity contribution in [1.29, 1.82) is 0 Å². The van der Waals surface area contributed by atoms with E-state index >= 15 is 0 Å². The van der Waals surface area contributed by atoms with Crippen LogP contribution < -0.4 is 11.1 Å². The predicted octanol–water partition coefficient (Wildman–Crippen LogP) is 2.19. The van der Waals surface area contributed by atoms with Gasteiger partial charge < -0.3 is 25.4 Å². The third-order valence-corrected chi connectivity index (χ3v) is 2.37. The van der Waals surface area contributed by atoms with Crippen molar-refractivity contribution >= 4 is 36.0 Å². The second-order valence-corrected chi connectivity index (χ2v) is 7.10. The second kappa shape index (κ2) is 10.9. The van der Waals surface area contributed by atoms with Crippen molar-refractivity contribution in [2.75, 3.05) is 33.4 Å². The summed E-state index contributed by atoms with van der Waals surface area (Å²) in [5.41, 5.74) is 5.13. The summed E-state index contributed by atoms with van der Waals surface area (Å²) in [6.45, 7) is 13.2. The fourth-order valence-electron chi connectivity index (χ4n) is 1.54. The van der Waals surface area contributed by atoms with E-state index < -0.39 is 5.60 Å². The predicted molar refractivity (Wildman–Crippen MR) is 104 cm³/mol. The number of nitrogens with zero attached hydrogens (tertiary/aromatic N) is 2. The molecule has 0 aromatic carbocycles. The number of guanidine groups is 1. The van der Waals surface area contributed by atoms with Crippen LogP contribution in [0.2, 0.25) is 0 Å². The summed E-state index contributed by atoms with van der Waals surface area (Å²) >= 11 is 0. The highest BCUT2D eigenvalue weighted by Gasteiger charge is 2.21. The van der Waals surface area contributed by atoms with Crippen molar-refractivity contribution in [3.8, 4) is 0 Å². The van der Waals surface area contributed by atoms with Gasteiger partial charge in [0.05, 0.1) is 13.2 Å². The molecule has 0 atom stereocenters. The molecular formula is C15H33IN4O3. The lowest BCUT2D eigenvalue weighted by atomic mass is 10.1. The molecule has 0 aliphatic rings. The molecular weight excluding hydrogens is 411 g/mol. The van der Waals surface area contributed by atoms with Crippen molar-refractivity contribution in [2.24, 2.45) is 10.7 Å². The molecule has 0 aromatic heterocycles. The zero-order chi connectivity index (χ0) is 17.4. The molecule has 0 bridgehead atoms. The summed E-state index contributed by atoms with van der Waals surface area (Å²) in [6, 6.07) is 0. The number of nitrogens with one attached hydrogen (secondary N) is 1. The quantitative estimate of drug-likeness (QED) is 0.373. The Morgan fingerprint density at radius 3 is 2.17 bits per heavy atom. The van der Waals surface area contributed by atoms with Gasteiger partial charge in [0, 0.05) is 25.7 Å². The van der Waals surface area contributed by atoms with Crippen LogP contribution in [0.15, 0.2) is 4.99 Å². The van der Waals surface area contributed by atoms with Gasteiger partial charge in [-0.3, -0.25) is 4.99 Å². The van der Waals surface area contributed by atoms with Crippen molar-refractivity contribution in [1.82, 2.24) is 10.2 Å². The van der Waals surface area contributed by atoms with E-state index in [-0.39, 0.29) is 35.6 Å². The normalized spacial score (nSPS) is 12.4. The molecule has 0 saturated carbocycles. The lowest BCUT2D eigenvalue weighted by molar-refractivity contribution is 0.0208. The van der Waals surface area contributed by atoms with Crippen LogP contribution in [0.25, 0.3) is 0 Å². The number of halogens is 1. The Morgan fingerprint density at radius 1 is 1.17 bits per heavy atom. The topological polar surface area (TPSA) is 89.2 Å². The lowest BCUT2D eigenvalue weighted by Crippen LogP contribution is -2.45. The van der Waals surface area contributed by atoms with E-state index in [2.05, 4.69) is 10.3 Å². The van der Waals surface area contributed by atoms with Crippen LogP contribution >= 0.6 is 24.0 Å². The Labute approximate surface area is 157 Å². The molecule has 0 spiro atoms. The number of aliphatic imine (C=N–C) groups is 1. The Bertz CT molecular complexity index is 376. The van der Waals surface area contributed by atoms with E-state index in [4.69, 9.17) is 15.2 Å². The highest BCUT2D eigenvalue weighted by atomic mass is 127. The Balaban J connectivity index is 0. The molecule has 0 aromatic rings. The molecule has 0 aliphatic heterocycles. The van der Waals surface area contributed by atoms with Crippen LogP contribution in [0.4, 0.5) is 4.79 Å². The van der Waals surface area contributed by atoms with Gasteiger partial charge in [-0.1, -0.05) is 0 Å². The molecule has 0 aliphatic carbocycles. The minimum atomic E-state index is -0.529. The summed E-state index contributed by atoms with van der Waals surface area (Å²) in [5, 5.41) is 3.07. The van der Waals surface area contributed by atoms with Crippen molar-refractivity contribution in [3.05, 3.63) is 0 Å². The first-order valence-electron chi connectivity index (χ1n) is 7.49. The zero-order valence-corrected chi connectivity index (χ0v) is 17.8. The average molecular weight is 444 g/mol. The minimum Gasteiger partial charge on any atom is -0.444 e. The molecule has 138 valence electrons.